The Kier molecular flexibility index (Phi) is 7.27. The summed E-state index contributed by atoms with van der Waals surface area (Å²) in [6, 6.07) is 8.79. The molecule has 1 aliphatic carbocycles. The van der Waals surface area contributed by atoms with Gasteiger partial charge in [-0.3, -0.25) is 9.69 Å². The second-order valence-corrected chi connectivity index (χ2v) is 13.9. The third kappa shape index (κ3) is 5.10. The van der Waals surface area contributed by atoms with Gasteiger partial charge in [-0.1, -0.05) is 6.42 Å². The Morgan fingerprint density at radius 1 is 1.10 bits per heavy atom. The van der Waals surface area contributed by atoms with Crippen molar-refractivity contribution >= 4 is 32.8 Å². The van der Waals surface area contributed by atoms with Crippen LogP contribution in [0.5, 0.6) is 0 Å². The van der Waals surface area contributed by atoms with E-state index in [1.165, 1.54) is 26.2 Å². The monoisotopic (exact) mass is 583 g/mol. The smallest absolute Gasteiger partial charge is 0.303 e. The van der Waals surface area contributed by atoms with E-state index in [2.05, 4.69) is 28.4 Å². The standard InChI is InChI=1S/C29H38FN7O3S/c1-18(2)36-15-12-20-17-35(14-13-24(20)36)25-16-23(29(38)33-41(39,40)34(3)4)31-28-26(25)27(19-6-5-7-19)32-37(28)22-10-8-21(30)9-11-22/h8-11,16,18-20,24H,5-7,12-15,17H2,1-4H3,(H,33,38). The van der Waals surface area contributed by atoms with Crippen molar-refractivity contribution in [1.82, 2.24) is 28.7 Å². The Hall–Kier alpha value is -3.09. The number of fused-ring (bicyclic) bond motifs is 2. The number of piperidine rings is 1. The molecule has 2 atom stereocenters. The van der Waals surface area contributed by atoms with E-state index in [1.54, 1.807) is 22.9 Å². The second-order valence-electron chi connectivity index (χ2n) is 12.0. The molecule has 4 heterocycles. The lowest BCUT2D eigenvalue weighted by Gasteiger charge is -2.40. The summed E-state index contributed by atoms with van der Waals surface area (Å²) < 4.78 is 43.7. The first-order chi connectivity index (χ1) is 19.5. The molecule has 1 aromatic carbocycles. The van der Waals surface area contributed by atoms with Crippen LogP contribution in [0, 0.1) is 11.7 Å². The second kappa shape index (κ2) is 10.6. The zero-order chi connectivity index (χ0) is 29.1. The Morgan fingerprint density at radius 2 is 1.83 bits per heavy atom. The van der Waals surface area contributed by atoms with E-state index >= 15 is 0 Å². The molecular formula is C29H38FN7O3S. The van der Waals surface area contributed by atoms with Gasteiger partial charge in [-0.05, 0) is 82.3 Å². The molecule has 2 saturated heterocycles. The van der Waals surface area contributed by atoms with Gasteiger partial charge in [-0.2, -0.15) is 17.8 Å². The quantitative estimate of drug-likeness (QED) is 0.453. The first kappa shape index (κ1) is 28.0. The van der Waals surface area contributed by atoms with Crippen LogP contribution in [0.3, 0.4) is 0 Å². The molecule has 6 rings (SSSR count). The molecule has 220 valence electrons. The van der Waals surface area contributed by atoms with Gasteiger partial charge in [0, 0.05) is 45.2 Å². The molecule has 1 amide bonds. The predicted molar refractivity (Wildman–Crippen MR) is 156 cm³/mol. The molecular weight excluding hydrogens is 545 g/mol. The van der Waals surface area contributed by atoms with Gasteiger partial charge in [-0.15, -0.1) is 0 Å². The zero-order valence-electron chi connectivity index (χ0n) is 24.0. The van der Waals surface area contributed by atoms with Crippen LogP contribution in [-0.4, -0.2) is 84.1 Å². The molecule has 41 heavy (non-hydrogen) atoms. The molecule has 3 aromatic rings. The average molecular weight is 584 g/mol. The number of rotatable bonds is 7. The summed E-state index contributed by atoms with van der Waals surface area (Å²) in [6.45, 7) is 7.24. The molecule has 2 aliphatic heterocycles. The molecule has 0 radical (unpaired) electrons. The number of hydrogen-bond acceptors (Lipinski definition) is 7. The van der Waals surface area contributed by atoms with Gasteiger partial charge >= 0.3 is 10.2 Å². The van der Waals surface area contributed by atoms with Crippen LogP contribution >= 0.6 is 0 Å². The van der Waals surface area contributed by atoms with Crippen molar-refractivity contribution in [1.29, 1.82) is 0 Å². The number of nitrogens with one attached hydrogen (secondary N) is 1. The number of carbonyl (C=O) groups excluding carboxylic acids is 1. The summed E-state index contributed by atoms with van der Waals surface area (Å²) in [7, 11) is -1.30. The van der Waals surface area contributed by atoms with Gasteiger partial charge in [0.05, 0.1) is 22.5 Å². The Bertz CT molecular complexity index is 1570. The van der Waals surface area contributed by atoms with E-state index in [0.29, 0.717) is 29.3 Å². The van der Waals surface area contributed by atoms with Gasteiger partial charge in [0.1, 0.15) is 11.5 Å². The molecule has 10 nitrogen and oxygen atoms in total. The first-order valence-electron chi connectivity index (χ1n) is 14.5. The molecule has 3 fully saturated rings. The molecule has 0 spiro atoms. The number of hydrogen-bond donors (Lipinski definition) is 1. The number of likely N-dealkylation sites (tertiary alicyclic amines) is 1. The minimum atomic E-state index is -4.02. The fourth-order valence-corrected chi connectivity index (χ4v) is 7.08. The number of aromatic nitrogens is 3. The highest BCUT2D eigenvalue weighted by Crippen LogP contribution is 2.44. The van der Waals surface area contributed by atoms with Crippen molar-refractivity contribution < 1.29 is 17.6 Å². The lowest BCUT2D eigenvalue weighted by Crippen LogP contribution is -2.48. The van der Waals surface area contributed by atoms with Crippen molar-refractivity contribution in [3.05, 3.63) is 47.5 Å². The summed E-state index contributed by atoms with van der Waals surface area (Å²) in [4.78, 5) is 23.0. The molecule has 1 N–H and O–H groups in total. The zero-order valence-corrected chi connectivity index (χ0v) is 24.9. The highest BCUT2D eigenvalue weighted by Gasteiger charge is 2.40. The number of pyridine rings is 1. The van der Waals surface area contributed by atoms with Crippen LogP contribution in [0.1, 0.15) is 68.1 Å². The number of carbonyl (C=O) groups is 1. The van der Waals surface area contributed by atoms with E-state index < -0.39 is 16.1 Å². The minimum absolute atomic E-state index is 0.00121. The highest BCUT2D eigenvalue weighted by molar-refractivity contribution is 7.87. The third-order valence-corrected chi connectivity index (χ3v) is 10.4. The van der Waals surface area contributed by atoms with Gasteiger partial charge in [0.15, 0.2) is 5.65 Å². The molecule has 0 bridgehead atoms. The van der Waals surface area contributed by atoms with Gasteiger partial charge < -0.3 is 4.90 Å². The fraction of sp³-hybridized carbons (Fsp3) is 0.552. The summed E-state index contributed by atoms with van der Waals surface area (Å²) in [6.07, 6.45) is 5.29. The van der Waals surface area contributed by atoms with E-state index in [-0.39, 0.29) is 17.4 Å². The maximum absolute atomic E-state index is 13.8. The molecule has 3 aliphatic rings. The number of anilines is 1. The molecule has 1 saturated carbocycles. The fourth-order valence-electron chi connectivity index (χ4n) is 6.56. The number of benzene rings is 1. The maximum Gasteiger partial charge on any atom is 0.303 e. The van der Waals surface area contributed by atoms with E-state index in [0.717, 1.165) is 72.8 Å². The molecule has 12 heteroatoms. The van der Waals surface area contributed by atoms with Crippen molar-refractivity contribution in [2.24, 2.45) is 5.92 Å². The van der Waals surface area contributed by atoms with Gasteiger partial charge in [0.2, 0.25) is 0 Å². The van der Waals surface area contributed by atoms with Crippen molar-refractivity contribution in [2.45, 2.75) is 64.0 Å². The van der Waals surface area contributed by atoms with Crippen LogP contribution in [0.4, 0.5) is 10.1 Å². The first-order valence-corrected chi connectivity index (χ1v) is 15.9. The van der Waals surface area contributed by atoms with Crippen molar-refractivity contribution in [3.8, 4) is 5.69 Å². The lowest BCUT2D eigenvalue weighted by molar-refractivity contribution is 0.0975. The van der Waals surface area contributed by atoms with Crippen molar-refractivity contribution in [3.63, 3.8) is 0 Å². The molecule has 2 unspecified atom stereocenters. The van der Waals surface area contributed by atoms with Crippen molar-refractivity contribution in [2.75, 3.05) is 38.6 Å². The highest BCUT2D eigenvalue weighted by atomic mass is 32.2. The predicted octanol–water partition coefficient (Wildman–Crippen LogP) is 3.67. The minimum Gasteiger partial charge on any atom is -0.370 e. The van der Waals surface area contributed by atoms with Crippen LogP contribution in [-0.2, 0) is 10.2 Å². The normalized spacial score (nSPS) is 22.0. The Morgan fingerprint density at radius 3 is 2.46 bits per heavy atom. The third-order valence-electron chi connectivity index (χ3n) is 9.02. The topological polar surface area (TPSA) is 104 Å². The summed E-state index contributed by atoms with van der Waals surface area (Å²) >= 11 is 0. The van der Waals surface area contributed by atoms with E-state index in [4.69, 9.17) is 10.1 Å². The maximum atomic E-state index is 13.8. The van der Waals surface area contributed by atoms with Crippen LogP contribution in [0.25, 0.3) is 16.7 Å². The summed E-state index contributed by atoms with van der Waals surface area (Å²) in [5, 5.41) is 5.90. The van der Waals surface area contributed by atoms with Crippen LogP contribution in [0.2, 0.25) is 0 Å². The number of halogens is 1. The van der Waals surface area contributed by atoms with Gasteiger partial charge in [-0.25, -0.2) is 18.8 Å². The van der Waals surface area contributed by atoms with E-state index in [1.807, 2.05) is 0 Å². The summed E-state index contributed by atoms with van der Waals surface area (Å²) in [5.74, 6) is -0.392. The Balaban J connectivity index is 1.50. The average Bonchev–Trinajstić information content (AvgIpc) is 3.49. The number of nitrogens with zero attached hydrogens (tertiary/aromatic N) is 6. The van der Waals surface area contributed by atoms with E-state index in [9.17, 15) is 17.6 Å². The summed E-state index contributed by atoms with van der Waals surface area (Å²) in [5.41, 5.74) is 2.89. The largest absolute Gasteiger partial charge is 0.370 e. The van der Waals surface area contributed by atoms with Crippen LogP contribution < -0.4 is 9.62 Å². The van der Waals surface area contributed by atoms with Gasteiger partial charge in [0.25, 0.3) is 5.91 Å². The lowest BCUT2D eigenvalue weighted by atomic mass is 9.81. The molecule has 2 aromatic heterocycles. The Labute approximate surface area is 240 Å². The SMILES string of the molecule is CC(C)N1CCC2CN(c3cc(C(=O)NS(=O)(=O)N(C)C)nc4c3c(C3CCC3)nn4-c3ccc(F)cc3)CCC21. The number of amides is 1. The van der Waals surface area contributed by atoms with Crippen LogP contribution in [0.15, 0.2) is 30.3 Å².